The van der Waals surface area contributed by atoms with Gasteiger partial charge in [0.15, 0.2) is 0 Å². The Labute approximate surface area is 161 Å². The monoisotopic (exact) mass is 385 g/mol. The van der Waals surface area contributed by atoms with E-state index in [4.69, 9.17) is 5.26 Å². The summed E-state index contributed by atoms with van der Waals surface area (Å²) in [6, 6.07) is 6.40. The van der Waals surface area contributed by atoms with Gasteiger partial charge in [0.05, 0.1) is 6.04 Å². The molecule has 1 atom stereocenters. The van der Waals surface area contributed by atoms with Gasteiger partial charge in [-0.25, -0.2) is 4.39 Å². The number of pyridine rings is 1. The average molecular weight is 385 g/mol. The van der Waals surface area contributed by atoms with E-state index in [1.807, 2.05) is 6.07 Å². The molecule has 140 valence electrons. The van der Waals surface area contributed by atoms with Crippen molar-refractivity contribution < 1.29 is 9.18 Å². The van der Waals surface area contributed by atoms with Crippen LogP contribution in [0.5, 0.6) is 0 Å². The van der Waals surface area contributed by atoms with Gasteiger partial charge in [-0.2, -0.15) is 5.26 Å². The number of aromatic amines is 1. The zero-order chi connectivity index (χ0) is 19.6. The summed E-state index contributed by atoms with van der Waals surface area (Å²) < 4.78 is 13.6. The lowest BCUT2D eigenvalue weighted by atomic mass is 9.98. The van der Waals surface area contributed by atoms with Gasteiger partial charge in [-0.05, 0) is 61.6 Å². The molecule has 27 heavy (non-hydrogen) atoms. The molecule has 1 aliphatic heterocycles. The van der Waals surface area contributed by atoms with Gasteiger partial charge in [-0.15, -0.1) is 11.8 Å². The molecule has 0 aliphatic carbocycles. The number of nitrogens with zero attached hydrogens (tertiary/aromatic N) is 1. The predicted molar refractivity (Wildman–Crippen MR) is 102 cm³/mol. The van der Waals surface area contributed by atoms with Crippen LogP contribution in [0.2, 0.25) is 0 Å². The molecule has 1 aliphatic rings. The van der Waals surface area contributed by atoms with E-state index in [0.717, 1.165) is 28.2 Å². The molecule has 1 aromatic heterocycles. The van der Waals surface area contributed by atoms with Crippen LogP contribution in [0.25, 0.3) is 0 Å². The first-order chi connectivity index (χ1) is 12.9. The fourth-order valence-corrected chi connectivity index (χ4v) is 4.55. The van der Waals surface area contributed by atoms with Crippen LogP contribution >= 0.6 is 11.8 Å². The fraction of sp³-hybridized carbons (Fsp3) is 0.350. The number of aromatic nitrogens is 1. The van der Waals surface area contributed by atoms with E-state index in [-0.39, 0.29) is 29.8 Å². The normalized spacial score (nSPS) is 15.7. The molecule has 5 nitrogen and oxygen atoms in total. The van der Waals surface area contributed by atoms with Gasteiger partial charge in [-0.3, -0.25) is 9.59 Å². The zero-order valence-electron chi connectivity index (χ0n) is 15.2. The maximum atomic E-state index is 13.6. The number of amides is 1. The van der Waals surface area contributed by atoms with Crippen LogP contribution in [-0.4, -0.2) is 16.6 Å². The van der Waals surface area contributed by atoms with Crippen molar-refractivity contribution in [1.29, 1.82) is 5.26 Å². The van der Waals surface area contributed by atoms with Crippen molar-refractivity contribution in [3.8, 4) is 6.07 Å². The lowest BCUT2D eigenvalue weighted by Crippen LogP contribution is -2.31. The first-order valence-electron chi connectivity index (χ1n) is 8.74. The van der Waals surface area contributed by atoms with E-state index in [0.29, 0.717) is 17.7 Å². The van der Waals surface area contributed by atoms with Crippen molar-refractivity contribution in [2.24, 2.45) is 0 Å². The Morgan fingerprint density at radius 2 is 2.22 bits per heavy atom. The summed E-state index contributed by atoms with van der Waals surface area (Å²) in [6.45, 7) is 3.49. The number of hydrogen-bond acceptors (Lipinski definition) is 4. The van der Waals surface area contributed by atoms with Crippen LogP contribution in [0.1, 0.15) is 46.8 Å². The van der Waals surface area contributed by atoms with Crippen LogP contribution in [-0.2, 0) is 11.2 Å². The molecule has 0 unspecified atom stereocenters. The molecule has 0 bridgehead atoms. The largest absolute Gasteiger partial charge is 0.349 e. The third-order valence-electron chi connectivity index (χ3n) is 4.87. The number of halogens is 1. The summed E-state index contributed by atoms with van der Waals surface area (Å²) in [5.41, 5.74) is 2.61. The molecule has 2 N–H and O–H groups in total. The molecular weight excluding hydrogens is 365 g/mol. The van der Waals surface area contributed by atoms with Gasteiger partial charge < -0.3 is 10.3 Å². The summed E-state index contributed by atoms with van der Waals surface area (Å²) in [4.78, 5) is 27.9. The topological polar surface area (TPSA) is 85.8 Å². The molecule has 1 aromatic carbocycles. The summed E-state index contributed by atoms with van der Waals surface area (Å²) in [6.07, 6.45) is 1.40. The third-order valence-corrected chi connectivity index (χ3v) is 5.99. The summed E-state index contributed by atoms with van der Waals surface area (Å²) in [7, 11) is 0. The molecule has 0 saturated heterocycles. The number of carbonyl (C=O) groups excluding carboxylic acids is 1. The van der Waals surface area contributed by atoms with E-state index >= 15 is 0 Å². The molecule has 0 fully saturated rings. The lowest BCUT2D eigenvalue weighted by Gasteiger charge is -2.26. The highest BCUT2D eigenvalue weighted by atomic mass is 32.2. The summed E-state index contributed by atoms with van der Waals surface area (Å²) >= 11 is 1.67. The molecule has 3 rings (SSSR count). The summed E-state index contributed by atoms with van der Waals surface area (Å²) in [5.74, 6) is 0.428. The van der Waals surface area contributed by atoms with Gasteiger partial charge in [0.1, 0.15) is 17.4 Å². The first-order valence-corrected chi connectivity index (χ1v) is 9.73. The zero-order valence-corrected chi connectivity index (χ0v) is 16.0. The number of thioether (sulfide) groups is 1. The number of hydrogen-bond donors (Lipinski definition) is 2. The Bertz CT molecular complexity index is 994. The Hall–Kier alpha value is -2.59. The maximum Gasteiger partial charge on any atom is 0.266 e. The maximum absolute atomic E-state index is 13.6. The van der Waals surface area contributed by atoms with Crippen LogP contribution in [0.15, 0.2) is 27.9 Å². The predicted octanol–water partition coefficient (Wildman–Crippen LogP) is 3.29. The van der Waals surface area contributed by atoms with Crippen molar-refractivity contribution in [3.05, 3.63) is 62.3 Å². The fourth-order valence-electron chi connectivity index (χ4n) is 3.44. The number of rotatable bonds is 4. The number of H-pyrrole nitrogens is 1. The second-order valence-electron chi connectivity index (χ2n) is 6.61. The quantitative estimate of drug-likeness (QED) is 0.846. The smallest absolute Gasteiger partial charge is 0.266 e. The number of nitrogens with one attached hydrogen (secondary N) is 2. The number of aryl methyl sites for hydroxylation is 1. The average Bonchev–Trinajstić information content (AvgIpc) is 2.62. The van der Waals surface area contributed by atoms with Crippen molar-refractivity contribution in [2.75, 3.05) is 5.75 Å². The van der Waals surface area contributed by atoms with Gasteiger partial charge in [0.2, 0.25) is 5.91 Å². The van der Waals surface area contributed by atoms with Gasteiger partial charge >= 0.3 is 0 Å². The minimum Gasteiger partial charge on any atom is -0.349 e. The first kappa shape index (κ1) is 19.2. The van der Waals surface area contributed by atoms with Gasteiger partial charge in [0, 0.05) is 22.8 Å². The van der Waals surface area contributed by atoms with Crippen molar-refractivity contribution in [2.45, 2.75) is 44.0 Å². The highest BCUT2D eigenvalue weighted by molar-refractivity contribution is 7.99. The van der Waals surface area contributed by atoms with Crippen molar-refractivity contribution in [1.82, 2.24) is 10.3 Å². The van der Waals surface area contributed by atoms with E-state index in [9.17, 15) is 14.0 Å². The molecular formula is C20H20FN3O2S. The Kier molecular flexibility index (Phi) is 5.66. The standard InChI is InChI=1S/C20H20FN3O2S/c1-11-14(12(2)23-20(26)16(11)10-22)4-6-19(25)24-17-7-8-27-18-5-3-13(21)9-15(17)18/h3,5,9,17H,4,6-8H2,1-2H3,(H,23,26)(H,24,25)/t17-/m0/s1. The molecule has 2 heterocycles. The van der Waals surface area contributed by atoms with E-state index < -0.39 is 5.56 Å². The van der Waals surface area contributed by atoms with E-state index in [1.165, 1.54) is 12.1 Å². The van der Waals surface area contributed by atoms with Crippen LogP contribution in [0.3, 0.4) is 0 Å². The van der Waals surface area contributed by atoms with E-state index in [2.05, 4.69) is 10.3 Å². The minimum atomic E-state index is -0.404. The Morgan fingerprint density at radius 1 is 1.44 bits per heavy atom. The molecule has 0 spiro atoms. The van der Waals surface area contributed by atoms with Crippen molar-refractivity contribution >= 4 is 17.7 Å². The molecule has 7 heteroatoms. The van der Waals surface area contributed by atoms with Crippen molar-refractivity contribution in [3.63, 3.8) is 0 Å². The number of benzene rings is 1. The Morgan fingerprint density at radius 3 is 2.96 bits per heavy atom. The minimum absolute atomic E-state index is 0.0877. The number of fused-ring (bicyclic) bond motifs is 1. The highest BCUT2D eigenvalue weighted by Gasteiger charge is 2.23. The lowest BCUT2D eigenvalue weighted by molar-refractivity contribution is -0.121. The number of nitriles is 1. The van der Waals surface area contributed by atoms with E-state index in [1.54, 1.807) is 31.7 Å². The molecule has 1 amide bonds. The van der Waals surface area contributed by atoms with Crippen LogP contribution in [0.4, 0.5) is 4.39 Å². The van der Waals surface area contributed by atoms with Crippen LogP contribution in [0, 0.1) is 31.0 Å². The second-order valence-corrected chi connectivity index (χ2v) is 7.75. The third kappa shape index (κ3) is 4.06. The molecule has 2 aromatic rings. The highest BCUT2D eigenvalue weighted by Crippen LogP contribution is 2.36. The van der Waals surface area contributed by atoms with Gasteiger partial charge in [0.25, 0.3) is 5.56 Å². The second kappa shape index (κ2) is 7.97. The van der Waals surface area contributed by atoms with Gasteiger partial charge in [-0.1, -0.05) is 0 Å². The molecule has 0 radical (unpaired) electrons. The van der Waals surface area contributed by atoms with Crippen LogP contribution < -0.4 is 10.9 Å². The number of carbonyl (C=O) groups is 1. The Balaban J connectivity index is 1.71. The molecule has 0 saturated carbocycles. The SMILES string of the molecule is Cc1[nH]c(=O)c(C#N)c(C)c1CCC(=O)N[C@H]1CCSc2ccc(F)cc21. The summed E-state index contributed by atoms with van der Waals surface area (Å²) in [5, 5.41) is 12.1.